The van der Waals surface area contributed by atoms with Gasteiger partial charge in [-0.2, -0.15) is 0 Å². The molecule has 0 unspecified atom stereocenters. The number of rotatable bonds is 6. The molecule has 2 aromatic rings. The van der Waals surface area contributed by atoms with E-state index < -0.39 is 0 Å². The summed E-state index contributed by atoms with van der Waals surface area (Å²) in [4.78, 5) is 29.5. The lowest BCUT2D eigenvalue weighted by Gasteiger charge is -2.30. The normalized spacial score (nSPS) is 15.5. The van der Waals surface area contributed by atoms with Gasteiger partial charge in [-0.25, -0.2) is 0 Å². The molecule has 5 nitrogen and oxygen atoms in total. The zero-order chi connectivity index (χ0) is 19.6. The lowest BCUT2D eigenvalue weighted by atomic mass is 9.75. The second-order valence-electron chi connectivity index (χ2n) is 8.29. The molecule has 1 amide bonds. The van der Waals surface area contributed by atoms with Crippen molar-refractivity contribution >= 4 is 11.7 Å². The molecule has 0 saturated carbocycles. The lowest BCUT2D eigenvalue weighted by molar-refractivity contribution is -0.120. The van der Waals surface area contributed by atoms with Crippen LogP contribution in [0, 0.1) is 12.3 Å². The van der Waals surface area contributed by atoms with Crippen LogP contribution in [0.1, 0.15) is 66.5 Å². The van der Waals surface area contributed by atoms with Gasteiger partial charge in [0.1, 0.15) is 0 Å². The maximum atomic E-state index is 12.9. The molecular weight excluding hydrogens is 338 g/mol. The second kappa shape index (κ2) is 7.67. The van der Waals surface area contributed by atoms with E-state index in [9.17, 15) is 9.59 Å². The number of nitrogens with zero attached hydrogens (tertiary/aromatic N) is 2. The topological polar surface area (TPSA) is 64.0 Å². The number of fused-ring (bicyclic) bond motifs is 1. The minimum absolute atomic E-state index is 0.0265. The van der Waals surface area contributed by atoms with Crippen LogP contribution in [0.25, 0.3) is 0 Å². The highest BCUT2D eigenvalue weighted by atomic mass is 16.1. The van der Waals surface area contributed by atoms with Crippen molar-refractivity contribution in [3.63, 3.8) is 0 Å². The van der Waals surface area contributed by atoms with Gasteiger partial charge in [0.25, 0.3) is 0 Å². The summed E-state index contributed by atoms with van der Waals surface area (Å²) in [6.45, 7) is 9.83. The molecule has 1 aliphatic rings. The molecule has 0 bridgehead atoms. The number of carbonyl (C=O) groups excluding carboxylic acids is 2. The number of hydrogen-bond donors (Lipinski definition) is 1. The van der Waals surface area contributed by atoms with E-state index in [1.165, 1.54) is 0 Å². The molecule has 0 atom stereocenters. The van der Waals surface area contributed by atoms with Crippen molar-refractivity contribution in [3.8, 4) is 0 Å². The zero-order valence-electron chi connectivity index (χ0n) is 16.8. The van der Waals surface area contributed by atoms with Gasteiger partial charge in [-0.15, -0.1) is 0 Å². The molecule has 2 heterocycles. The average Bonchev–Trinajstić information content (AvgIpc) is 2.86. The molecule has 0 radical (unpaired) electrons. The number of pyridine rings is 1. The third kappa shape index (κ3) is 4.12. The highest BCUT2D eigenvalue weighted by Gasteiger charge is 2.36. The highest BCUT2D eigenvalue weighted by molar-refractivity contribution is 6.01. The van der Waals surface area contributed by atoms with Gasteiger partial charge >= 0.3 is 0 Å². The lowest BCUT2D eigenvalue weighted by Crippen LogP contribution is -2.29. The van der Waals surface area contributed by atoms with Crippen molar-refractivity contribution in [1.82, 2.24) is 14.9 Å². The summed E-state index contributed by atoms with van der Waals surface area (Å²) in [5.41, 5.74) is 4.88. The zero-order valence-corrected chi connectivity index (χ0v) is 16.8. The number of carbonyl (C=O) groups is 2. The first-order chi connectivity index (χ1) is 12.8. The Hall–Kier alpha value is -2.43. The van der Waals surface area contributed by atoms with Crippen LogP contribution < -0.4 is 5.32 Å². The van der Waals surface area contributed by atoms with Crippen molar-refractivity contribution < 1.29 is 9.59 Å². The fraction of sp³-hybridized carbons (Fsp3) is 0.500. The third-order valence-corrected chi connectivity index (χ3v) is 5.35. The summed E-state index contributed by atoms with van der Waals surface area (Å²) < 4.78 is 2.26. The summed E-state index contributed by atoms with van der Waals surface area (Å²) in [5.74, 6) is 0.125. The molecule has 0 spiro atoms. The summed E-state index contributed by atoms with van der Waals surface area (Å²) in [6, 6.07) is 3.77. The fourth-order valence-electron chi connectivity index (χ4n) is 4.07. The maximum Gasteiger partial charge on any atom is 0.224 e. The summed E-state index contributed by atoms with van der Waals surface area (Å²) in [7, 11) is 0. The Bertz CT molecular complexity index is 850. The van der Waals surface area contributed by atoms with E-state index in [2.05, 4.69) is 35.6 Å². The van der Waals surface area contributed by atoms with E-state index >= 15 is 0 Å². The highest BCUT2D eigenvalue weighted by Crippen LogP contribution is 2.38. The van der Waals surface area contributed by atoms with Gasteiger partial charge < -0.3 is 9.88 Å². The maximum absolute atomic E-state index is 12.9. The minimum Gasteiger partial charge on any atom is -0.352 e. The standard InChI is InChI=1S/C22H29N3O2/c1-5-10-25-15(2)17(21-18(25)12-22(3,4)13-19(21)26)11-20(27)24-14-16-6-8-23-9-7-16/h6-9H,5,10-14H2,1-4H3,(H,24,27). The molecule has 144 valence electrons. The van der Waals surface area contributed by atoms with Gasteiger partial charge in [-0.1, -0.05) is 20.8 Å². The van der Waals surface area contributed by atoms with Crippen molar-refractivity contribution in [3.05, 3.63) is 52.6 Å². The monoisotopic (exact) mass is 367 g/mol. The Kier molecular flexibility index (Phi) is 5.49. The van der Waals surface area contributed by atoms with Gasteiger partial charge in [0.05, 0.1) is 6.42 Å². The molecule has 2 aromatic heterocycles. The molecule has 0 aromatic carbocycles. The van der Waals surface area contributed by atoms with Crippen molar-refractivity contribution in [2.24, 2.45) is 5.41 Å². The van der Waals surface area contributed by atoms with Gasteiger partial charge in [-0.3, -0.25) is 14.6 Å². The van der Waals surface area contributed by atoms with Crippen LogP contribution >= 0.6 is 0 Å². The average molecular weight is 367 g/mol. The SMILES string of the molecule is CCCn1c(C)c(CC(=O)NCc2ccncc2)c2c1CC(C)(C)CC2=O. The number of nitrogens with one attached hydrogen (secondary N) is 1. The summed E-state index contributed by atoms with van der Waals surface area (Å²) in [6.07, 6.45) is 6.11. The van der Waals surface area contributed by atoms with E-state index in [4.69, 9.17) is 0 Å². The number of aromatic nitrogens is 2. The third-order valence-electron chi connectivity index (χ3n) is 5.35. The first kappa shape index (κ1) is 19.3. The molecule has 0 fully saturated rings. The molecule has 1 N–H and O–H groups in total. The molecule has 0 saturated heterocycles. The van der Waals surface area contributed by atoms with Gasteiger partial charge in [0.2, 0.25) is 5.91 Å². The van der Waals surface area contributed by atoms with E-state index in [0.717, 1.165) is 47.5 Å². The van der Waals surface area contributed by atoms with Crippen LogP contribution in [0.2, 0.25) is 0 Å². The number of Topliss-reactive ketones (excluding diaryl/α,β-unsaturated/α-hetero) is 1. The van der Waals surface area contributed by atoms with Crippen molar-refractivity contribution in [2.45, 2.75) is 66.5 Å². The quantitative estimate of drug-likeness (QED) is 0.848. The largest absolute Gasteiger partial charge is 0.352 e. The molecule has 1 aliphatic carbocycles. The molecule has 5 heteroatoms. The Labute approximate surface area is 161 Å². The predicted octanol–water partition coefficient (Wildman–Crippen LogP) is 3.62. The first-order valence-electron chi connectivity index (χ1n) is 9.72. The van der Waals surface area contributed by atoms with Gasteiger partial charge in [0.15, 0.2) is 5.78 Å². The van der Waals surface area contributed by atoms with Crippen LogP contribution in [0.15, 0.2) is 24.5 Å². The van der Waals surface area contributed by atoms with Crippen LogP contribution in [0.5, 0.6) is 0 Å². The predicted molar refractivity (Wildman–Crippen MR) is 106 cm³/mol. The molecule has 0 aliphatic heterocycles. The second-order valence-corrected chi connectivity index (χ2v) is 8.29. The molecule has 27 heavy (non-hydrogen) atoms. The van der Waals surface area contributed by atoms with Crippen molar-refractivity contribution in [2.75, 3.05) is 0 Å². The number of ketones is 1. The minimum atomic E-state index is -0.0519. The summed E-state index contributed by atoms with van der Waals surface area (Å²) >= 11 is 0. The van der Waals surface area contributed by atoms with E-state index in [-0.39, 0.29) is 23.5 Å². The fourth-order valence-corrected chi connectivity index (χ4v) is 4.07. The van der Waals surface area contributed by atoms with E-state index in [1.807, 2.05) is 19.1 Å². The Morgan fingerprint density at radius 3 is 2.63 bits per heavy atom. The van der Waals surface area contributed by atoms with E-state index in [1.54, 1.807) is 12.4 Å². The van der Waals surface area contributed by atoms with Gasteiger partial charge in [-0.05, 0) is 48.4 Å². The Balaban J connectivity index is 1.85. The Morgan fingerprint density at radius 1 is 1.26 bits per heavy atom. The van der Waals surface area contributed by atoms with Crippen molar-refractivity contribution in [1.29, 1.82) is 0 Å². The number of hydrogen-bond acceptors (Lipinski definition) is 3. The Morgan fingerprint density at radius 2 is 1.96 bits per heavy atom. The van der Waals surface area contributed by atoms with E-state index in [0.29, 0.717) is 13.0 Å². The van der Waals surface area contributed by atoms with Crippen LogP contribution in [0.4, 0.5) is 0 Å². The summed E-state index contributed by atoms with van der Waals surface area (Å²) in [5, 5.41) is 2.97. The first-order valence-corrected chi connectivity index (χ1v) is 9.72. The van der Waals surface area contributed by atoms with Crippen LogP contribution in [-0.2, 0) is 30.7 Å². The number of amides is 1. The molecule has 3 rings (SSSR count). The van der Waals surface area contributed by atoms with Gasteiger partial charge in [0, 0.05) is 48.9 Å². The van der Waals surface area contributed by atoms with Crippen LogP contribution in [-0.4, -0.2) is 21.2 Å². The smallest absolute Gasteiger partial charge is 0.224 e. The molecular formula is C22H29N3O2. The van der Waals surface area contributed by atoms with Crippen LogP contribution in [0.3, 0.4) is 0 Å².